The average molecular weight is 1080 g/mol. The van der Waals surface area contributed by atoms with Crippen molar-refractivity contribution in [1.29, 1.82) is 0 Å². The predicted molar refractivity (Wildman–Crippen MR) is 314 cm³/mol. The van der Waals surface area contributed by atoms with Crippen molar-refractivity contribution in [3.05, 3.63) is 179 Å². The molecular weight excluding hydrogens is 1010 g/mol. The average Bonchev–Trinajstić information content (AvgIpc) is 3.53. The highest BCUT2D eigenvalue weighted by Crippen LogP contribution is 2.40. The Hall–Kier alpha value is -7.51. The van der Waals surface area contributed by atoms with E-state index in [2.05, 4.69) is 20.2 Å². The fraction of sp³-hybridized carbons (Fsp3) is 0.333. The molecule has 410 valence electrons. The minimum Gasteiger partial charge on any atom is -0.493 e. The number of rotatable bonds is 22. The van der Waals surface area contributed by atoms with Crippen LogP contribution in [0.25, 0.3) is 21.8 Å². The maximum Gasteiger partial charge on any atom is 0.196 e. The van der Waals surface area contributed by atoms with Gasteiger partial charge in [0.1, 0.15) is 23.0 Å². The van der Waals surface area contributed by atoms with Crippen molar-refractivity contribution in [3.8, 4) is 46.0 Å². The third-order valence-electron chi connectivity index (χ3n) is 14.7. The first kappa shape index (κ1) is 56.2. The van der Waals surface area contributed by atoms with Gasteiger partial charge in [0.25, 0.3) is 0 Å². The van der Waals surface area contributed by atoms with Crippen LogP contribution in [0.2, 0.25) is 0 Å². The summed E-state index contributed by atoms with van der Waals surface area (Å²) in [6.45, 7) is 9.79. The topological polar surface area (TPSA) is 131 Å². The first-order valence-electron chi connectivity index (χ1n) is 27.7. The van der Waals surface area contributed by atoms with E-state index in [4.69, 9.17) is 40.0 Å². The molecule has 4 heterocycles. The number of carbonyl (C=O) groups excluding carboxylic acids is 2. The molecule has 2 aliphatic heterocycles. The lowest BCUT2D eigenvalue weighted by Gasteiger charge is -2.42. The maximum absolute atomic E-state index is 13.4. The Bertz CT molecular complexity index is 3320. The van der Waals surface area contributed by atoms with Gasteiger partial charge in [-0.1, -0.05) is 90.3 Å². The van der Waals surface area contributed by atoms with Crippen molar-refractivity contribution >= 4 is 45.0 Å². The fourth-order valence-corrected chi connectivity index (χ4v) is 10.8. The Morgan fingerprint density at radius 3 is 1.56 bits per heavy atom. The Morgan fingerprint density at radius 2 is 1.06 bits per heavy atom. The monoisotopic (exact) mass is 1080 g/mol. The Labute approximate surface area is 469 Å². The number of alkyl halides is 1. The number of piperidine rings is 2. The molecule has 6 aromatic carbocycles. The summed E-state index contributed by atoms with van der Waals surface area (Å²) < 4.78 is 36.2. The maximum atomic E-state index is 13.4. The van der Waals surface area contributed by atoms with Crippen LogP contribution in [0.1, 0.15) is 101 Å². The summed E-state index contributed by atoms with van der Waals surface area (Å²) in [5, 5.41) is 5.07. The number of nitrogens with zero attached hydrogens (tertiary/aromatic N) is 3. The van der Waals surface area contributed by atoms with Crippen LogP contribution in [0.3, 0.4) is 0 Å². The van der Waals surface area contributed by atoms with Crippen LogP contribution >= 0.6 is 11.6 Å². The van der Waals surface area contributed by atoms with Gasteiger partial charge >= 0.3 is 0 Å². The highest BCUT2D eigenvalue weighted by molar-refractivity contribution is 6.17. The molecule has 2 saturated heterocycles. The highest BCUT2D eigenvalue weighted by Gasteiger charge is 2.30. The molecule has 79 heavy (non-hydrogen) atoms. The Balaban J connectivity index is 0.000000199. The number of ketones is 2. The smallest absolute Gasteiger partial charge is 0.196 e. The van der Waals surface area contributed by atoms with Gasteiger partial charge in [-0.05, 0) is 146 Å². The number of hydrogen-bond donors (Lipinski definition) is 1. The summed E-state index contributed by atoms with van der Waals surface area (Å²) in [4.78, 5) is 38.5. The van der Waals surface area contributed by atoms with Crippen LogP contribution in [0.15, 0.2) is 146 Å². The zero-order valence-electron chi connectivity index (χ0n) is 45.8. The molecule has 13 heteroatoms. The van der Waals surface area contributed by atoms with Crippen LogP contribution in [-0.2, 0) is 0 Å². The van der Waals surface area contributed by atoms with Crippen molar-refractivity contribution in [2.24, 2.45) is 5.92 Å². The van der Waals surface area contributed by atoms with Gasteiger partial charge in [-0.25, -0.2) is 0 Å². The molecule has 2 fully saturated rings. The van der Waals surface area contributed by atoms with E-state index in [1.165, 1.54) is 51.7 Å². The number of likely N-dealkylation sites (tertiary alicyclic amines) is 1. The second-order valence-electron chi connectivity index (χ2n) is 20.2. The van der Waals surface area contributed by atoms with E-state index < -0.39 is 0 Å². The summed E-state index contributed by atoms with van der Waals surface area (Å²) in [6.07, 6.45) is 13.9. The zero-order valence-corrected chi connectivity index (χ0v) is 46.6. The van der Waals surface area contributed by atoms with Crippen molar-refractivity contribution in [2.75, 3.05) is 59.5 Å². The summed E-state index contributed by atoms with van der Waals surface area (Å²) >= 11 is 5.75. The standard InChI is InChI=1S/C38H45N3O4.C28H26ClNO4/c1-27-13-14-34(31(24-27)38(42)29-10-4-3-5-11-29)45-35-17-20-40-32-26-37(36(43-2)25-30(32)35)44-23-9-8-22-41-21-7-6-12-33(41)28-15-18-39-19-16-28;1-19-10-11-24(22(16-19)28(31)20-8-4-3-5-9-20)34-25-12-14-30-23-18-27(33-15-7-6-13-29)26(32-2)17-21(23)25/h3-5,10-11,13-14,17,20,24-26,28,33,39H,6-9,12,15-16,18-19,21-23H2,1-2H3;3-5,8-12,14,16-18H,6-7,13,15H2,1-2H3. The van der Waals surface area contributed by atoms with Gasteiger partial charge < -0.3 is 38.6 Å². The highest BCUT2D eigenvalue weighted by atomic mass is 35.5. The number of benzene rings is 6. The van der Waals surface area contributed by atoms with E-state index in [1.807, 2.05) is 129 Å². The van der Waals surface area contributed by atoms with Gasteiger partial charge in [-0.2, -0.15) is 0 Å². The molecule has 2 aromatic heterocycles. The molecular formula is C66H71ClN4O8. The van der Waals surface area contributed by atoms with Crippen LogP contribution < -0.4 is 33.7 Å². The molecule has 8 aromatic rings. The molecule has 1 N–H and O–H groups in total. The third kappa shape index (κ3) is 14.4. The first-order valence-corrected chi connectivity index (χ1v) is 28.2. The van der Waals surface area contributed by atoms with Gasteiger partial charge in [-0.15, -0.1) is 11.6 Å². The molecule has 10 rings (SSSR count). The number of methoxy groups -OCH3 is 2. The summed E-state index contributed by atoms with van der Waals surface area (Å²) in [5.41, 5.74) is 5.65. The van der Waals surface area contributed by atoms with Crippen LogP contribution in [0.5, 0.6) is 46.0 Å². The van der Waals surface area contributed by atoms with E-state index in [-0.39, 0.29) is 11.6 Å². The first-order chi connectivity index (χ1) is 38.7. The second kappa shape index (κ2) is 27.9. The summed E-state index contributed by atoms with van der Waals surface area (Å²) in [5.74, 6) is 5.92. The Morgan fingerprint density at radius 1 is 0.557 bits per heavy atom. The van der Waals surface area contributed by atoms with E-state index in [9.17, 15) is 9.59 Å². The minimum atomic E-state index is -0.0946. The molecule has 2 aliphatic rings. The fourth-order valence-electron chi connectivity index (χ4n) is 10.6. The zero-order chi connectivity index (χ0) is 54.9. The number of nitrogens with one attached hydrogen (secondary N) is 1. The Kier molecular flexibility index (Phi) is 19.8. The number of unbranched alkanes of at least 4 members (excludes halogenated alkanes) is 2. The molecule has 1 unspecified atom stereocenters. The van der Waals surface area contributed by atoms with Crippen LogP contribution in [0, 0.1) is 19.8 Å². The number of fused-ring (bicyclic) bond motifs is 2. The lowest BCUT2D eigenvalue weighted by Crippen LogP contribution is -2.47. The van der Waals surface area contributed by atoms with E-state index in [0.29, 0.717) is 92.9 Å². The molecule has 0 amide bonds. The van der Waals surface area contributed by atoms with E-state index in [1.54, 1.807) is 44.8 Å². The lowest BCUT2D eigenvalue weighted by molar-refractivity contribution is 0.0816. The number of carbonyl (C=O) groups is 2. The predicted octanol–water partition coefficient (Wildman–Crippen LogP) is 14.6. The van der Waals surface area contributed by atoms with Crippen molar-refractivity contribution in [3.63, 3.8) is 0 Å². The third-order valence-corrected chi connectivity index (χ3v) is 15.0. The normalized spacial score (nSPS) is 14.7. The van der Waals surface area contributed by atoms with Crippen molar-refractivity contribution in [2.45, 2.75) is 77.7 Å². The van der Waals surface area contributed by atoms with E-state index in [0.717, 1.165) is 71.6 Å². The van der Waals surface area contributed by atoms with Crippen LogP contribution in [-0.4, -0.2) is 92.0 Å². The lowest BCUT2D eigenvalue weighted by atomic mass is 9.84. The molecule has 12 nitrogen and oxygen atoms in total. The van der Waals surface area contributed by atoms with Crippen LogP contribution in [0.4, 0.5) is 0 Å². The largest absolute Gasteiger partial charge is 0.493 e. The van der Waals surface area contributed by atoms with Crippen molar-refractivity contribution < 1.29 is 38.0 Å². The molecule has 0 spiro atoms. The minimum absolute atomic E-state index is 0.0805. The van der Waals surface area contributed by atoms with E-state index >= 15 is 0 Å². The van der Waals surface area contributed by atoms with Crippen molar-refractivity contribution in [1.82, 2.24) is 20.2 Å². The number of hydrogen-bond acceptors (Lipinski definition) is 12. The summed E-state index contributed by atoms with van der Waals surface area (Å²) in [6, 6.07) is 41.6. The molecule has 0 aliphatic carbocycles. The SMILES string of the molecule is COc1cc2c(Oc3ccc(C)cc3C(=O)c3ccccc3)ccnc2cc1OCCCCCl.COc1cc2c(Oc3ccc(C)cc3C(=O)c3ccccc3)ccnc2cc1OCCCCN1CCCCC1C1CCNCC1. The number of pyridine rings is 2. The number of halogens is 1. The van der Waals surface area contributed by atoms with Gasteiger partial charge in [0.15, 0.2) is 34.6 Å². The van der Waals surface area contributed by atoms with Gasteiger partial charge in [0.2, 0.25) is 0 Å². The molecule has 0 bridgehead atoms. The number of aromatic nitrogens is 2. The summed E-state index contributed by atoms with van der Waals surface area (Å²) in [7, 11) is 3.25. The number of aryl methyl sites for hydroxylation is 2. The molecule has 1 atom stereocenters. The molecule has 0 saturated carbocycles. The van der Waals surface area contributed by atoms with Gasteiger partial charge in [0, 0.05) is 58.3 Å². The number of ether oxygens (including phenoxy) is 6. The molecule has 0 radical (unpaired) electrons. The van der Waals surface area contributed by atoms with Gasteiger partial charge in [-0.3, -0.25) is 19.6 Å². The quantitative estimate of drug-likeness (QED) is 0.0394. The second-order valence-corrected chi connectivity index (χ2v) is 20.6. The van der Waals surface area contributed by atoms with Gasteiger partial charge in [0.05, 0.1) is 49.6 Å².